The number of fused-ring (bicyclic) bond motifs is 3. The van der Waals surface area contributed by atoms with Crippen molar-refractivity contribution in [2.45, 2.75) is 0 Å². The summed E-state index contributed by atoms with van der Waals surface area (Å²) in [7, 11) is 0. The molecule has 0 fully saturated rings. The van der Waals surface area contributed by atoms with E-state index < -0.39 is 0 Å². The Balaban J connectivity index is 1.66. The number of aromatic nitrogens is 2. The predicted octanol–water partition coefficient (Wildman–Crippen LogP) is 8.86. The Bertz CT molecular complexity index is 1490. The number of benzene rings is 5. The van der Waals surface area contributed by atoms with Gasteiger partial charge >= 0.3 is 0 Å². The van der Waals surface area contributed by atoms with Crippen LogP contribution in [0.15, 0.2) is 93.9 Å². The zero-order chi connectivity index (χ0) is 20.9. The van der Waals surface area contributed by atoms with E-state index in [0.29, 0.717) is 0 Å². The lowest BCUT2D eigenvalue weighted by Crippen LogP contribution is -1.89. The van der Waals surface area contributed by atoms with Gasteiger partial charge < -0.3 is 0 Å². The first-order valence-electron chi connectivity index (χ1n) is 9.83. The molecule has 2 nitrogen and oxygen atoms in total. The van der Waals surface area contributed by atoms with E-state index >= 15 is 0 Å². The van der Waals surface area contributed by atoms with Gasteiger partial charge in [0.1, 0.15) is 11.0 Å². The molecular formula is C26H14Br2N2S. The highest BCUT2D eigenvalue weighted by Crippen LogP contribution is 2.42. The summed E-state index contributed by atoms with van der Waals surface area (Å²) in [5.41, 5.74) is 6.40. The Hall–Kier alpha value is -2.60. The maximum Gasteiger partial charge on any atom is 0.113 e. The highest BCUT2D eigenvalue weighted by atomic mass is 79.9. The minimum absolute atomic E-state index is 0.940. The van der Waals surface area contributed by atoms with E-state index in [1.807, 2.05) is 0 Å². The summed E-state index contributed by atoms with van der Waals surface area (Å²) < 4.78 is 11.6. The maximum atomic E-state index is 4.72. The Morgan fingerprint density at radius 3 is 1.35 bits per heavy atom. The minimum atomic E-state index is 0.940. The molecule has 0 amide bonds. The van der Waals surface area contributed by atoms with Gasteiger partial charge in [0, 0.05) is 30.8 Å². The third-order valence-corrected chi connectivity index (χ3v) is 7.55. The van der Waals surface area contributed by atoms with E-state index in [9.17, 15) is 0 Å². The molecule has 6 aromatic rings. The lowest BCUT2D eigenvalue weighted by molar-refractivity contribution is 1.59. The average Bonchev–Trinajstić information content (AvgIpc) is 3.28. The second-order valence-corrected chi connectivity index (χ2v) is 9.65. The molecule has 0 atom stereocenters. The Labute approximate surface area is 200 Å². The molecule has 0 radical (unpaired) electrons. The van der Waals surface area contributed by atoms with Crippen LogP contribution in [-0.4, -0.2) is 8.75 Å². The molecule has 0 spiro atoms. The van der Waals surface area contributed by atoms with Gasteiger partial charge in [0.15, 0.2) is 0 Å². The van der Waals surface area contributed by atoms with Crippen LogP contribution in [0.4, 0.5) is 0 Å². The third kappa shape index (κ3) is 3.03. The van der Waals surface area contributed by atoms with Crippen LogP contribution in [0, 0.1) is 0 Å². The molecule has 0 aliphatic heterocycles. The smallest absolute Gasteiger partial charge is 0.113 e. The van der Waals surface area contributed by atoms with Gasteiger partial charge in [-0.1, -0.05) is 105 Å². The predicted molar refractivity (Wildman–Crippen MR) is 139 cm³/mol. The topological polar surface area (TPSA) is 25.8 Å². The molecule has 1 aromatic heterocycles. The summed E-state index contributed by atoms with van der Waals surface area (Å²) in [4.78, 5) is 0. The van der Waals surface area contributed by atoms with Crippen molar-refractivity contribution in [1.29, 1.82) is 0 Å². The van der Waals surface area contributed by atoms with Crippen molar-refractivity contribution in [3.63, 3.8) is 0 Å². The molecule has 0 saturated heterocycles. The summed E-state index contributed by atoms with van der Waals surface area (Å²) in [6.07, 6.45) is 0. The van der Waals surface area contributed by atoms with E-state index in [4.69, 9.17) is 8.75 Å². The molecule has 5 heteroatoms. The fraction of sp³-hybridized carbons (Fsp3) is 0. The normalized spacial score (nSPS) is 11.5. The van der Waals surface area contributed by atoms with Gasteiger partial charge in [-0.15, -0.1) is 0 Å². The average molecular weight is 546 g/mol. The number of hydrogen-bond acceptors (Lipinski definition) is 3. The first-order valence-corrected chi connectivity index (χ1v) is 12.1. The van der Waals surface area contributed by atoms with Crippen LogP contribution in [0.2, 0.25) is 0 Å². The van der Waals surface area contributed by atoms with Crippen LogP contribution in [0.1, 0.15) is 0 Å². The highest BCUT2D eigenvalue weighted by molar-refractivity contribution is 9.11. The lowest BCUT2D eigenvalue weighted by atomic mass is 9.92. The van der Waals surface area contributed by atoms with Crippen molar-refractivity contribution in [3.8, 4) is 22.3 Å². The number of nitrogens with zero attached hydrogens (tertiary/aromatic N) is 2. The molecule has 0 unspecified atom stereocenters. The number of hydrogen-bond donors (Lipinski definition) is 0. The van der Waals surface area contributed by atoms with Crippen molar-refractivity contribution in [2.75, 3.05) is 0 Å². The quantitative estimate of drug-likeness (QED) is 0.217. The van der Waals surface area contributed by atoms with Gasteiger partial charge in [0.2, 0.25) is 0 Å². The summed E-state index contributed by atoms with van der Waals surface area (Å²) >= 11 is 8.76. The number of halogens is 2. The fourth-order valence-corrected chi connectivity index (χ4v) is 6.10. The standard InChI is InChI=1S/C26H14Br2N2S/c27-21-11-3-7-15-5-1-9-17(23(15)21)19-13-14-20(26-25(19)29-31-30-26)18-10-2-6-16-8-4-12-22(28)24(16)18/h1-14H. The van der Waals surface area contributed by atoms with E-state index in [1.165, 1.54) is 33.3 Å². The van der Waals surface area contributed by atoms with Gasteiger partial charge in [-0.25, -0.2) is 0 Å². The van der Waals surface area contributed by atoms with E-state index in [2.05, 4.69) is 117 Å². The summed E-state index contributed by atoms with van der Waals surface area (Å²) in [5, 5.41) is 4.79. The van der Waals surface area contributed by atoms with Crippen LogP contribution in [0.5, 0.6) is 0 Å². The first kappa shape index (κ1) is 19.1. The van der Waals surface area contributed by atoms with Crippen molar-refractivity contribution >= 4 is 76.2 Å². The Kier molecular flexibility index (Phi) is 4.64. The largest absolute Gasteiger partial charge is 0.172 e. The zero-order valence-corrected chi connectivity index (χ0v) is 20.1. The molecule has 0 saturated carbocycles. The molecule has 0 aliphatic carbocycles. The molecule has 148 valence electrons. The maximum absolute atomic E-state index is 4.72. The SMILES string of the molecule is Brc1cccc2cccc(-c3ccc(-c4cccc5cccc(Br)c45)c4nsnc34)c12. The van der Waals surface area contributed by atoms with Crippen LogP contribution in [0.3, 0.4) is 0 Å². The van der Waals surface area contributed by atoms with Crippen molar-refractivity contribution in [3.05, 3.63) is 93.9 Å². The Morgan fingerprint density at radius 2 is 0.903 bits per heavy atom. The second kappa shape index (κ2) is 7.52. The minimum Gasteiger partial charge on any atom is -0.172 e. The van der Waals surface area contributed by atoms with Crippen molar-refractivity contribution < 1.29 is 0 Å². The molecule has 1 heterocycles. The Morgan fingerprint density at radius 1 is 0.484 bits per heavy atom. The first-order chi connectivity index (χ1) is 15.2. The van der Waals surface area contributed by atoms with Gasteiger partial charge in [0.05, 0.1) is 11.7 Å². The van der Waals surface area contributed by atoms with Gasteiger partial charge in [-0.2, -0.15) is 8.75 Å². The molecule has 0 N–H and O–H groups in total. The third-order valence-electron chi connectivity index (χ3n) is 5.70. The van der Waals surface area contributed by atoms with Crippen molar-refractivity contribution in [1.82, 2.24) is 8.75 Å². The van der Waals surface area contributed by atoms with Crippen molar-refractivity contribution in [2.24, 2.45) is 0 Å². The van der Waals surface area contributed by atoms with E-state index in [-0.39, 0.29) is 0 Å². The lowest BCUT2D eigenvalue weighted by Gasteiger charge is -2.13. The molecule has 5 aromatic carbocycles. The highest BCUT2D eigenvalue weighted by Gasteiger charge is 2.17. The molecule has 31 heavy (non-hydrogen) atoms. The van der Waals surface area contributed by atoms with Crippen LogP contribution in [0.25, 0.3) is 54.8 Å². The van der Waals surface area contributed by atoms with Crippen LogP contribution in [-0.2, 0) is 0 Å². The van der Waals surface area contributed by atoms with E-state index in [1.54, 1.807) is 0 Å². The van der Waals surface area contributed by atoms with Gasteiger partial charge in [-0.3, -0.25) is 0 Å². The molecule has 6 rings (SSSR count). The van der Waals surface area contributed by atoms with Crippen LogP contribution < -0.4 is 0 Å². The number of rotatable bonds is 2. The molecule has 0 bridgehead atoms. The summed E-state index contributed by atoms with van der Waals surface area (Å²) in [6, 6.07) is 29.8. The molecule has 0 aliphatic rings. The second-order valence-electron chi connectivity index (χ2n) is 7.41. The van der Waals surface area contributed by atoms with Gasteiger partial charge in [0.25, 0.3) is 0 Å². The van der Waals surface area contributed by atoms with Crippen LogP contribution >= 0.6 is 43.6 Å². The summed E-state index contributed by atoms with van der Waals surface area (Å²) in [5.74, 6) is 0. The zero-order valence-electron chi connectivity index (χ0n) is 16.1. The summed E-state index contributed by atoms with van der Waals surface area (Å²) in [6.45, 7) is 0. The molecular weight excluding hydrogens is 532 g/mol. The van der Waals surface area contributed by atoms with Gasteiger partial charge in [-0.05, 0) is 34.0 Å². The monoisotopic (exact) mass is 544 g/mol. The van der Waals surface area contributed by atoms with E-state index in [0.717, 1.165) is 42.2 Å². The fourth-order valence-electron chi connectivity index (χ4n) is 4.34.